The van der Waals surface area contributed by atoms with Crippen LogP contribution in [-0.4, -0.2) is 36.5 Å². The lowest BCUT2D eigenvalue weighted by Crippen LogP contribution is -2.48. The summed E-state index contributed by atoms with van der Waals surface area (Å²) in [5, 5.41) is 0. The van der Waals surface area contributed by atoms with Crippen molar-refractivity contribution in [2.45, 2.75) is 37.6 Å². The third kappa shape index (κ3) is 2.42. The summed E-state index contributed by atoms with van der Waals surface area (Å²) in [6.45, 7) is 2.75. The summed E-state index contributed by atoms with van der Waals surface area (Å²) < 4.78 is 25.2. The fourth-order valence-corrected chi connectivity index (χ4v) is 2.54. The van der Waals surface area contributed by atoms with Gasteiger partial charge in [-0.3, -0.25) is 0 Å². The van der Waals surface area contributed by atoms with Gasteiger partial charge in [-0.05, 0) is 25.3 Å². The molecule has 2 rings (SSSR count). The third-order valence-corrected chi connectivity index (χ3v) is 3.23. The normalized spacial score (nSPS) is 34.1. The molecule has 0 bridgehead atoms. The van der Waals surface area contributed by atoms with Crippen LogP contribution in [0.25, 0.3) is 0 Å². The van der Waals surface area contributed by atoms with E-state index in [0.717, 1.165) is 32.5 Å². The average molecular weight is 204 g/mol. The van der Waals surface area contributed by atoms with E-state index in [2.05, 4.69) is 4.90 Å². The third-order valence-electron chi connectivity index (χ3n) is 3.23. The van der Waals surface area contributed by atoms with Crippen LogP contribution in [-0.2, 0) is 0 Å². The number of likely N-dealkylation sites (tertiary alicyclic amines) is 1. The van der Waals surface area contributed by atoms with Crippen LogP contribution in [0.5, 0.6) is 0 Å². The van der Waals surface area contributed by atoms with Crippen molar-refractivity contribution in [2.75, 3.05) is 19.6 Å². The summed E-state index contributed by atoms with van der Waals surface area (Å²) in [5.74, 6) is -2.17. The van der Waals surface area contributed by atoms with Gasteiger partial charge in [0.2, 0.25) is 5.92 Å². The van der Waals surface area contributed by atoms with Crippen molar-refractivity contribution < 1.29 is 8.78 Å². The van der Waals surface area contributed by atoms with E-state index in [1.807, 2.05) is 0 Å². The summed E-state index contributed by atoms with van der Waals surface area (Å²) in [4.78, 5) is 2.24. The van der Waals surface area contributed by atoms with Gasteiger partial charge in [-0.2, -0.15) is 0 Å². The van der Waals surface area contributed by atoms with Gasteiger partial charge in [-0.15, -0.1) is 0 Å². The van der Waals surface area contributed by atoms with E-state index >= 15 is 0 Å². The van der Waals surface area contributed by atoms with E-state index in [9.17, 15) is 8.78 Å². The van der Waals surface area contributed by atoms with Gasteiger partial charge in [-0.1, -0.05) is 0 Å². The monoisotopic (exact) mass is 204 g/mol. The van der Waals surface area contributed by atoms with Gasteiger partial charge in [0, 0.05) is 32.0 Å². The van der Waals surface area contributed by atoms with Crippen LogP contribution < -0.4 is 5.73 Å². The Kier molecular flexibility index (Phi) is 2.75. The Morgan fingerprint density at radius 1 is 1.36 bits per heavy atom. The van der Waals surface area contributed by atoms with Gasteiger partial charge in [0.05, 0.1) is 0 Å². The van der Waals surface area contributed by atoms with Gasteiger partial charge in [-0.25, -0.2) is 8.78 Å². The number of hydrogen-bond acceptors (Lipinski definition) is 2. The van der Waals surface area contributed by atoms with E-state index in [1.54, 1.807) is 0 Å². The minimum absolute atomic E-state index is 0.0821. The van der Waals surface area contributed by atoms with Crippen LogP contribution >= 0.6 is 0 Å². The molecule has 1 atom stereocenters. The zero-order chi connectivity index (χ0) is 10.2. The van der Waals surface area contributed by atoms with Crippen molar-refractivity contribution in [1.29, 1.82) is 0 Å². The zero-order valence-corrected chi connectivity index (χ0v) is 8.38. The van der Waals surface area contributed by atoms with Gasteiger partial charge in [0.15, 0.2) is 0 Å². The number of halogens is 2. The molecule has 2 N–H and O–H groups in total. The van der Waals surface area contributed by atoms with Gasteiger partial charge < -0.3 is 10.6 Å². The summed E-state index contributed by atoms with van der Waals surface area (Å²) in [6, 6.07) is 0.254. The van der Waals surface area contributed by atoms with E-state index in [0.29, 0.717) is 0 Å². The molecule has 0 unspecified atom stereocenters. The Labute approximate surface area is 83.4 Å². The minimum Gasteiger partial charge on any atom is -0.327 e. The molecule has 0 aromatic heterocycles. The highest BCUT2D eigenvalue weighted by Gasteiger charge is 2.45. The first kappa shape index (κ1) is 10.3. The molecule has 1 saturated carbocycles. The molecule has 2 nitrogen and oxygen atoms in total. The Balaban J connectivity index is 1.71. The molecule has 0 aromatic carbocycles. The van der Waals surface area contributed by atoms with Crippen molar-refractivity contribution in [1.82, 2.24) is 4.90 Å². The first-order chi connectivity index (χ1) is 6.55. The molecular weight excluding hydrogens is 186 g/mol. The fraction of sp³-hybridized carbons (Fsp3) is 1.00. The lowest BCUT2D eigenvalue weighted by atomic mass is 9.81. The molecule has 1 saturated heterocycles. The topological polar surface area (TPSA) is 29.3 Å². The number of hydrogen-bond donors (Lipinski definition) is 1. The molecule has 1 heterocycles. The molecule has 0 amide bonds. The molecule has 14 heavy (non-hydrogen) atoms. The number of piperidine rings is 1. The number of alkyl halides is 2. The Bertz CT molecular complexity index is 200. The fourth-order valence-electron chi connectivity index (χ4n) is 2.54. The molecular formula is C10H18F2N2. The predicted molar refractivity (Wildman–Crippen MR) is 51.3 cm³/mol. The number of nitrogens with zero attached hydrogens (tertiary/aromatic N) is 1. The highest BCUT2D eigenvalue weighted by Crippen LogP contribution is 2.42. The minimum atomic E-state index is -2.37. The quantitative estimate of drug-likeness (QED) is 0.737. The summed E-state index contributed by atoms with van der Waals surface area (Å²) in [5.41, 5.74) is 5.82. The Morgan fingerprint density at radius 2 is 2.07 bits per heavy atom. The summed E-state index contributed by atoms with van der Waals surface area (Å²) >= 11 is 0. The summed E-state index contributed by atoms with van der Waals surface area (Å²) in [6.07, 6.45) is 2.36. The molecule has 0 spiro atoms. The zero-order valence-electron chi connectivity index (χ0n) is 8.38. The largest absolute Gasteiger partial charge is 0.327 e. The second kappa shape index (κ2) is 3.74. The van der Waals surface area contributed by atoms with Crippen molar-refractivity contribution in [3.05, 3.63) is 0 Å². The highest BCUT2D eigenvalue weighted by molar-refractivity contribution is 4.89. The maximum Gasteiger partial charge on any atom is 0.248 e. The van der Waals surface area contributed by atoms with Crippen molar-refractivity contribution in [3.8, 4) is 0 Å². The van der Waals surface area contributed by atoms with Crippen molar-refractivity contribution in [2.24, 2.45) is 11.7 Å². The Hall–Kier alpha value is -0.220. The van der Waals surface area contributed by atoms with E-state index in [-0.39, 0.29) is 24.8 Å². The average Bonchev–Trinajstić information content (AvgIpc) is 2.00. The molecule has 0 radical (unpaired) electrons. The standard InChI is InChI=1S/C10H18F2N2/c11-10(12)4-8(5-10)6-14-3-1-2-9(13)7-14/h8-9H,1-7,13H2/t9-/m1/s1. The molecule has 4 heteroatoms. The van der Waals surface area contributed by atoms with Gasteiger partial charge in [0.1, 0.15) is 0 Å². The maximum atomic E-state index is 12.6. The molecule has 0 aromatic rings. The first-order valence-corrected chi connectivity index (χ1v) is 5.41. The van der Waals surface area contributed by atoms with Crippen LogP contribution in [0.1, 0.15) is 25.7 Å². The van der Waals surface area contributed by atoms with Crippen LogP contribution in [0, 0.1) is 5.92 Å². The molecule has 1 aliphatic heterocycles. The first-order valence-electron chi connectivity index (χ1n) is 5.41. The van der Waals surface area contributed by atoms with E-state index < -0.39 is 5.92 Å². The second-order valence-corrected chi connectivity index (χ2v) is 4.79. The van der Waals surface area contributed by atoms with Crippen LogP contribution in [0.3, 0.4) is 0 Å². The molecule has 2 fully saturated rings. The molecule has 82 valence electrons. The predicted octanol–water partition coefficient (Wildman–Crippen LogP) is 1.45. The van der Waals surface area contributed by atoms with Crippen molar-refractivity contribution in [3.63, 3.8) is 0 Å². The van der Waals surface area contributed by atoms with Crippen LogP contribution in [0.4, 0.5) is 8.78 Å². The smallest absolute Gasteiger partial charge is 0.248 e. The second-order valence-electron chi connectivity index (χ2n) is 4.79. The van der Waals surface area contributed by atoms with Crippen LogP contribution in [0.15, 0.2) is 0 Å². The molecule has 1 aliphatic carbocycles. The summed E-state index contributed by atoms with van der Waals surface area (Å²) in [7, 11) is 0. The Morgan fingerprint density at radius 3 is 2.64 bits per heavy atom. The lowest BCUT2D eigenvalue weighted by molar-refractivity contribution is -0.117. The highest BCUT2D eigenvalue weighted by atomic mass is 19.3. The van der Waals surface area contributed by atoms with Crippen molar-refractivity contribution >= 4 is 0 Å². The van der Waals surface area contributed by atoms with Gasteiger partial charge in [0.25, 0.3) is 0 Å². The van der Waals surface area contributed by atoms with E-state index in [4.69, 9.17) is 5.73 Å². The van der Waals surface area contributed by atoms with Gasteiger partial charge >= 0.3 is 0 Å². The maximum absolute atomic E-state index is 12.6. The SMILES string of the molecule is N[C@@H]1CCCN(CC2CC(F)(F)C2)C1. The number of nitrogens with two attached hydrogens (primary N) is 1. The number of rotatable bonds is 2. The lowest BCUT2D eigenvalue weighted by Gasteiger charge is -2.40. The van der Waals surface area contributed by atoms with Crippen LogP contribution in [0.2, 0.25) is 0 Å². The van der Waals surface area contributed by atoms with E-state index in [1.165, 1.54) is 0 Å². The molecule has 2 aliphatic rings.